The number of hydrogen-bond donors (Lipinski definition) is 0. The molecule has 0 saturated heterocycles. The van der Waals surface area contributed by atoms with Crippen LogP contribution in [0.3, 0.4) is 0 Å². The lowest BCUT2D eigenvalue weighted by Crippen LogP contribution is -2.29. The van der Waals surface area contributed by atoms with Crippen molar-refractivity contribution in [1.29, 1.82) is 0 Å². The standard InChI is InChI=1S/C75H56N2S2/c1-45-11-25-53(26-12-45)73(54-27-13-46(2)14-28-54)61-9-7-39-76-69(61)71-65(73)43-67(78-71)51-23-37-59-60-38-24-52(42-64(60)75(63(59)41-51,57-33-19-49(5)20-34-57)58-35-21-50(6)22-36-58)68-44-66-72(79-68)70-62(10-8-40-77-70)74(66,55-29-15-47(3)16-30-55)56-31-17-48(4)18-32-56/h7-44H,1-6H3. The van der Waals surface area contributed by atoms with E-state index in [-0.39, 0.29) is 0 Å². The smallest absolute Gasteiger partial charge is 0.0853 e. The predicted octanol–water partition coefficient (Wildman–Crippen LogP) is 18.9. The quantitative estimate of drug-likeness (QED) is 0.152. The van der Waals surface area contributed by atoms with Crippen LogP contribution in [-0.2, 0) is 16.2 Å². The molecule has 0 atom stereocenters. The molecule has 0 amide bonds. The first-order valence-corrected chi connectivity index (χ1v) is 29.1. The van der Waals surface area contributed by atoms with Crippen molar-refractivity contribution < 1.29 is 0 Å². The minimum absolute atomic E-state index is 0.536. The number of hydrogen-bond acceptors (Lipinski definition) is 4. The minimum atomic E-state index is -0.637. The van der Waals surface area contributed by atoms with Crippen LogP contribution in [0.4, 0.5) is 0 Å². The van der Waals surface area contributed by atoms with E-state index in [4.69, 9.17) is 9.97 Å². The zero-order valence-corrected chi connectivity index (χ0v) is 46.8. The molecule has 0 radical (unpaired) electrons. The van der Waals surface area contributed by atoms with Gasteiger partial charge in [-0.1, -0.05) is 215 Å². The first kappa shape index (κ1) is 47.7. The number of benzene rings is 8. The highest BCUT2D eigenvalue weighted by molar-refractivity contribution is 7.19. The Labute approximate surface area is 471 Å². The highest BCUT2D eigenvalue weighted by Crippen LogP contribution is 2.63. The second kappa shape index (κ2) is 17.7. The summed E-state index contributed by atoms with van der Waals surface area (Å²) in [5.74, 6) is 0. The third-order valence-corrected chi connectivity index (χ3v) is 20.1. The van der Waals surface area contributed by atoms with Gasteiger partial charge in [0.25, 0.3) is 0 Å². The topological polar surface area (TPSA) is 25.8 Å². The second-order valence-electron chi connectivity index (χ2n) is 22.5. The van der Waals surface area contributed by atoms with Crippen molar-refractivity contribution in [3.63, 3.8) is 0 Å². The van der Waals surface area contributed by atoms with Crippen molar-refractivity contribution in [3.05, 3.63) is 331 Å². The van der Waals surface area contributed by atoms with E-state index in [0.717, 1.165) is 11.4 Å². The van der Waals surface area contributed by atoms with Gasteiger partial charge in [0.15, 0.2) is 0 Å². The van der Waals surface area contributed by atoms with E-state index < -0.39 is 16.2 Å². The van der Waals surface area contributed by atoms with Crippen molar-refractivity contribution in [2.75, 3.05) is 0 Å². The van der Waals surface area contributed by atoms with Crippen LogP contribution >= 0.6 is 22.7 Å². The molecule has 4 aromatic heterocycles. The maximum atomic E-state index is 5.20. The first-order chi connectivity index (χ1) is 38.6. The molecule has 0 fully saturated rings. The van der Waals surface area contributed by atoms with Gasteiger partial charge in [0.05, 0.1) is 37.4 Å². The molecular formula is C75H56N2S2. The van der Waals surface area contributed by atoms with Crippen LogP contribution in [-0.4, -0.2) is 9.97 Å². The molecular weight excluding hydrogens is 993 g/mol. The zero-order valence-electron chi connectivity index (χ0n) is 45.2. The molecule has 8 aromatic carbocycles. The van der Waals surface area contributed by atoms with Crippen molar-refractivity contribution >= 4 is 22.7 Å². The van der Waals surface area contributed by atoms with Crippen molar-refractivity contribution in [1.82, 2.24) is 9.97 Å². The number of fused-ring (bicyclic) bond motifs is 9. The molecule has 4 heterocycles. The van der Waals surface area contributed by atoms with E-state index in [1.807, 2.05) is 35.1 Å². The molecule has 3 aliphatic rings. The van der Waals surface area contributed by atoms with E-state index in [0.29, 0.717) is 0 Å². The summed E-state index contributed by atoms with van der Waals surface area (Å²) in [6.07, 6.45) is 3.93. The van der Waals surface area contributed by atoms with Gasteiger partial charge in [0.2, 0.25) is 0 Å². The Bertz CT molecular complexity index is 4010. The average molecular weight is 1050 g/mol. The first-order valence-electron chi connectivity index (χ1n) is 27.5. The van der Waals surface area contributed by atoms with E-state index >= 15 is 0 Å². The number of rotatable bonds is 8. The molecule has 0 N–H and O–H groups in total. The summed E-state index contributed by atoms with van der Waals surface area (Å²) in [4.78, 5) is 15.3. The summed E-state index contributed by atoms with van der Waals surface area (Å²) in [6.45, 7) is 13.1. The highest BCUT2D eigenvalue weighted by atomic mass is 32.1. The van der Waals surface area contributed by atoms with Crippen molar-refractivity contribution in [3.8, 4) is 53.2 Å². The van der Waals surface area contributed by atoms with E-state index in [2.05, 4.69) is 260 Å². The summed E-state index contributed by atoms with van der Waals surface area (Å²) < 4.78 is 0. The van der Waals surface area contributed by atoms with Gasteiger partial charge < -0.3 is 0 Å². The Hall–Kier alpha value is -8.54. The zero-order chi connectivity index (χ0) is 53.4. The number of thiophene rings is 2. The maximum Gasteiger partial charge on any atom is 0.0853 e. The van der Waals surface area contributed by atoms with Crippen LogP contribution in [0.2, 0.25) is 0 Å². The summed E-state index contributed by atoms with van der Waals surface area (Å²) >= 11 is 3.76. The third-order valence-electron chi connectivity index (χ3n) is 17.7. The molecule has 3 aliphatic carbocycles. The molecule has 79 heavy (non-hydrogen) atoms. The van der Waals surface area contributed by atoms with Crippen LogP contribution in [0.25, 0.3) is 53.2 Å². The molecule has 0 aliphatic heterocycles. The van der Waals surface area contributed by atoms with E-state index in [9.17, 15) is 0 Å². The van der Waals surface area contributed by atoms with Crippen molar-refractivity contribution in [2.45, 2.75) is 57.8 Å². The van der Waals surface area contributed by atoms with Gasteiger partial charge in [-0.2, -0.15) is 0 Å². The van der Waals surface area contributed by atoms with Gasteiger partial charge in [-0.05, 0) is 167 Å². The number of aromatic nitrogens is 2. The highest BCUT2D eigenvalue weighted by Gasteiger charge is 2.51. The molecule has 378 valence electrons. The largest absolute Gasteiger partial charge is 0.255 e. The van der Waals surface area contributed by atoms with Gasteiger partial charge in [-0.3, -0.25) is 9.97 Å². The molecule has 2 nitrogen and oxygen atoms in total. The number of nitrogens with zero attached hydrogens (tertiary/aromatic N) is 2. The Balaban J connectivity index is 0.948. The summed E-state index contributed by atoms with van der Waals surface area (Å²) in [6, 6.07) is 84.0. The fourth-order valence-electron chi connectivity index (χ4n) is 13.9. The van der Waals surface area contributed by atoms with E-state index in [1.54, 1.807) is 0 Å². The fraction of sp³-hybridized carbons (Fsp3) is 0.120. The van der Waals surface area contributed by atoms with Gasteiger partial charge in [0, 0.05) is 22.1 Å². The SMILES string of the molecule is Cc1ccc(C2(c3ccc(C)cc3)c3cc(-c4cc5c(s4)-c4ncccc4C5(c4ccc(C)cc4)c4ccc(C)cc4)ccc3-c3ccc(-c4cc5c(s4)-c4ncccc4C5(c4ccc(C)cc4)c4ccc(C)cc4)cc32)cc1. The molecule has 12 aromatic rings. The Morgan fingerprint density at radius 1 is 0.278 bits per heavy atom. The van der Waals surface area contributed by atoms with Crippen LogP contribution < -0.4 is 0 Å². The normalized spacial score (nSPS) is 14.5. The number of pyridine rings is 2. The van der Waals surface area contributed by atoms with Gasteiger partial charge in [-0.25, -0.2) is 0 Å². The molecule has 0 spiro atoms. The summed E-state index contributed by atoms with van der Waals surface area (Å²) in [5.41, 5.74) is 28.0. The molecule has 15 rings (SSSR count). The summed E-state index contributed by atoms with van der Waals surface area (Å²) in [7, 11) is 0. The summed E-state index contributed by atoms with van der Waals surface area (Å²) in [5, 5.41) is 0. The lowest BCUT2D eigenvalue weighted by atomic mass is 9.67. The lowest BCUT2D eigenvalue weighted by Gasteiger charge is -2.34. The van der Waals surface area contributed by atoms with Crippen LogP contribution in [0, 0.1) is 41.5 Å². The fourth-order valence-corrected chi connectivity index (χ4v) is 16.3. The Kier molecular flexibility index (Phi) is 10.7. The molecule has 4 heteroatoms. The molecule has 0 unspecified atom stereocenters. The van der Waals surface area contributed by atoms with Gasteiger partial charge in [0.1, 0.15) is 0 Å². The van der Waals surface area contributed by atoms with Crippen LogP contribution in [0.15, 0.2) is 231 Å². The minimum Gasteiger partial charge on any atom is -0.255 e. The van der Waals surface area contributed by atoms with Crippen molar-refractivity contribution in [2.24, 2.45) is 0 Å². The van der Waals surface area contributed by atoms with Crippen LogP contribution in [0.5, 0.6) is 0 Å². The van der Waals surface area contributed by atoms with Gasteiger partial charge in [-0.15, -0.1) is 22.7 Å². The Morgan fingerprint density at radius 2 is 0.557 bits per heavy atom. The van der Waals surface area contributed by atoms with Gasteiger partial charge >= 0.3 is 0 Å². The third kappa shape index (κ3) is 6.81. The maximum absolute atomic E-state index is 5.20. The second-order valence-corrected chi connectivity index (χ2v) is 24.6. The average Bonchev–Trinajstić information content (AvgIpc) is 2.96. The van der Waals surface area contributed by atoms with Crippen LogP contribution in [0.1, 0.15) is 100 Å². The molecule has 0 saturated carbocycles. The monoisotopic (exact) mass is 1050 g/mol. The Morgan fingerprint density at radius 3 is 0.848 bits per heavy atom. The molecule has 0 bridgehead atoms. The predicted molar refractivity (Wildman–Crippen MR) is 329 cm³/mol. The van der Waals surface area contributed by atoms with E-state index in [1.165, 1.54) is 142 Å². The number of aryl methyl sites for hydroxylation is 6. The lowest BCUT2D eigenvalue weighted by molar-refractivity contribution is 0.766.